The Balaban J connectivity index is 2.20. The van der Waals surface area contributed by atoms with Gasteiger partial charge in [0.25, 0.3) is 11.6 Å². The molecule has 0 saturated carbocycles. The van der Waals surface area contributed by atoms with Crippen molar-refractivity contribution in [3.63, 3.8) is 0 Å². The predicted molar refractivity (Wildman–Crippen MR) is 82.9 cm³/mol. The van der Waals surface area contributed by atoms with E-state index in [4.69, 9.17) is 10.2 Å². The van der Waals surface area contributed by atoms with Crippen LogP contribution in [0.3, 0.4) is 0 Å². The van der Waals surface area contributed by atoms with Crippen LogP contribution in [0.1, 0.15) is 28.6 Å². The highest BCUT2D eigenvalue weighted by Crippen LogP contribution is 2.27. The van der Waals surface area contributed by atoms with Crippen LogP contribution >= 0.6 is 0 Å². The Morgan fingerprint density at radius 2 is 2.22 bits per heavy atom. The number of hydrogen-bond acceptors (Lipinski definition) is 6. The van der Waals surface area contributed by atoms with Crippen LogP contribution in [0.5, 0.6) is 0 Å². The molecule has 122 valence electrons. The molecule has 0 aliphatic heterocycles. The first kappa shape index (κ1) is 16.5. The van der Waals surface area contributed by atoms with Gasteiger partial charge in [0.2, 0.25) is 0 Å². The summed E-state index contributed by atoms with van der Waals surface area (Å²) in [4.78, 5) is 22.6. The summed E-state index contributed by atoms with van der Waals surface area (Å²) in [6.07, 6.45) is 1.41. The zero-order valence-electron chi connectivity index (χ0n) is 12.7. The largest absolute Gasteiger partial charge is 0.466 e. The second kappa shape index (κ2) is 6.09. The summed E-state index contributed by atoms with van der Waals surface area (Å²) in [5.74, 6) is -0.317. The van der Waals surface area contributed by atoms with Gasteiger partial charge in [-0.2, -0.15) is 0 Å². The van der Waals surface area contributed by atoms with Gasteiger partial charge in [-0.15, -0.1) is 0 Å². The average Bonchev–Trinajstić information content (AvgIpc) is 3.01. The van der Waals surface area contributed by atoms with Gasteiger partial charge in [0.05, 0.1) is 23.3 Å². The van der Waals surface area contributed by atoms with Gasteiger partial charge >= 0.3 is 0 Å². The molecule has 4 N–H and O–H groups in total. The first-order valence-corrected chi connectivity index (χ1v) is 6.81. The molecule has 1 heterocycles. The monoisotopic (exact) mass is 319 g/mol. The topological polar surface area (TPSA) is 132 Å². The van der Waals surface area contributed by atoms with Crippen LogP contribution in [-0.4, -0.2) is 22.5 Å². The molecule has 1 amide bonds. The molecule has 8 nitrogen and oxygen atoms in total. The summed E-state index contributed by atoms with van der Waals surface area (Å²) >= 11 is 0. The van der Waals surface area contributed by atoms with Crippen LogP contribution in [0.2, 0.25) is 0 Å². The number of furan rings is 1. The molecule has 0 fully saturated rings. The molecule has 0 bridgehead atoms. The molecular formula is C15H17N3O5. The molecule has 1 aromatic carbocycles. The standard InChI is InChI=1S/C15H17N3O5/c1-9-6-10(13(16)11(7-9)18(21)22)14(19)17-8-15(2,20)12-4-3-5-23-12/h3-7,20H,8,16H2,1-2H3,(H,17,19). The fourth-order valence-electron chi connectivity index (χ4n) is 2.14. The van der Waals surface area contributed by atoms with Gasteiger partial charge in [-0.25, -0.2) is 0 Å². The van der Waals surface area contributed by atoms with E-state index in [0.29, 0.717) is 11.3 Å². The number of nitrogens with two attached hydrogens (primary N) is 1. The number of nitrogens with one attached hydrogen (secondary N) is 1. The number of carbonyl (C=O) groups excluding carboxylic acids is 1. The molecular weight excluding hydrogens is 302 g/mol. The normalized spacial score (nSPS) is 13.3. The maximum Gasteiger partial charge on any atom is 0.293 e. The van der Waals surface area contributed by atoms with Crippen LogP contribution in [0.15, 0.2) is 34.9 Å². The quantitative estimate of drug-likeness (QED) is 0.437. The number of benzene rings is 1. The molecule has 0 aliphatic carbocycles. The van der Waals surface area contributed by atoms with Crippen molar-refractivity contribution < 1.29 is 19.2 Å². The Morgan fingerprint density at radius 3 is 2.78 bits per heavy atom. The van der Waals surface area contributed by atoms with Gasteiger partial charge in [0.15, 0.2) is 0 Å². The SMILES string of the molecule is Cc1cc(C(=O)NCC(C)(O)c2ccco2)c(N)c([N+](=O)[O-])c1. The van der Waals surface area contributed by atoms with Crippen LogP contribution in [0, 0.1) is 17.0 Å². The lowest BCUT2D eigenvalue weighted by atomic mass is 10.0. The molecule has 2 aromatic rings. The third-order valence-electron chi connectivity index (χ3n) is 3.39. The minimum atomic E-state index is -1.41. The zero-order chi connectivity index (χ0) is 17.2. The maximum atomic E-state index is 12.3. The highest BCUT2D eigenvalue weighted by Gasteiger charge is 2.28. The zero-order valence-corrected chi connectivity index (χ0v) is 12.7. The summed E-state index contributed by atoms with van der Waals surface area (Å²) in [5.41, 5.74) is 4.28. The first-order chi connectivity index (χ1) is 10.7. The number of nitro groups is 1. The third kappa shape index (κ3) is 3.49. The molecule has 8 heteroatoms. The van der Waals surface area contributed by atoms with Crippen molar-refractivity contribution in [3.05, 3.63) is 57.5 Å². The molecule has 1 unspecified atom stereocenters. The maximum absolute atomic E-state index is 12.3. The Labute approximate surface area is 132 Å². The molecule has 1 aromatic heterocycles. The van der Waals surface area contributed by atoms with Crippen LogP contribution < -0.4 is 11.1 Å². The Hall–Kier alpha value is -2.87. The minimum absolute atomic E-state index is 0.00746. The van der Waals surface area contributed by atoms with E-state index in [-0.39, 0.29) is 23.5 Å². The second-order valence-corrected chi connectivity index (χ2v) is 5.44. The minimum Gasteiger partial charge on any atom is -0.466 e. The van der Waals surface area contributed by atoms with Crippen LogP contribution in [-0.2, 0) is 5.60 Å². The molecule has 0 spiro atoms. The molecule has 2 rings (SSSR count). The first-order valence-electron chi connectivity index (χ1n) is 6.81. The van der Waals surface area contributed by atoms with E-state index >= 15 is 0 Å². The van der Waals surface area contributed by atoms with Gasteiger partial charge in [-0.05, 0) is 37.6 Å². The van der Waals surface area contributed by atoms with E-state index in [1.807, 2.05) is 0 Å². The molecule has 0 aliphatic rings. The van der Waals surface area contributed by atoms with Gasteiger partial charge in [0.1, 0.15) is 17.0 Å². The highest BCUT2D eigenvalue weighted by molar-refractivity contribution is 6.01. The number of anilines is 1. The Kier molecular flexibility index (Phi) is 4.37. The van der Waals surface area contributed by atoms with Gasteiger partial charge in [-0.1, -0.05) is 0 Å². The number of hydrogen-bond donors (Lipinski definition) is 3. The second-order valence-electron chi connectivity index (χ2n) is 5.44. The van der Waals surface area contributed by atoms with Crippen molar-refractivity contribution in [3.8, 4) is 0 Å². The third-order valence-corrected chi connectivity index (χ3v) is 3.39. The smallest absolute Gasteiger partial charge is 0.293 e. The van der Waals surface area contributed by atoms with E-state index in [9.17, 15) is 20.0 Å². The molecule has 1 atom stereocenters. The van der Waals surface area contributed by atoms with Crippen molar-refractivity contribution in [2.24, 2.45) is 0 Å². The number of aliphatic hydroxyl groups is 1. The highest BCUT2D eigenvalue weighted by atomic mass is 16.6. The molecule has 0 saturated heterocycles. The van der Waals surface area contributed by atoms with Crippen molar-refractivity contribution >= 4 is 17.3 Å². The number of nitrogens with zero attached hydrogens (tertiary/aromatic N) is 1. The fourth-order valence-corrected chi connectivity index (χ4v) is 2.14. The summed E-state index contributed by atoms with van der Waals surface area (Å²) < 4.78 is 5.11. The van der Waals surface area contributed by atoms with E-state index in [1.165, 1.54) is 25.3 Å². The number of carbonyl (C=O) groups is 1. The van der Waals surface area contributed by atoms with Gasteiger partial charge in [0, 0.05) is 6.07 Å². The summed E-state index contributed by atoms with van der Waals surface area (Å²) in [6, 6.07) is 5.95. The number of aryl methyl sites for hydroxylation is 1. The van der Waals surface area contributed by atoms with E-state index in [1.54, 1.807) is 19.1 Å². The van der Waals surface area contributed by atoms with E-state index in [0.717, 1.165) is 0 Å². The van der Waals surface area contributed by atoms with Crippen molar-refractivity contribution in [1.29, 1.82) is 0 Å². The Morgan fingerprint density at radius 1 is 1.52 bits per heavy atom. The number of rotatable bonds is 5. The van der Waals surface area contributed by atoms with Gasteiger partial charge < -0.3 is 20.6 Å². The molecule has 23 heavy (non-hydrogen) atoms. The lowest BCUT2D eigenvalue weighted by molar-refractivity contribution is -0.384. The lowest BCUT2D eigenvalue weighted by Crippen LogP contribution is -2.38. The summed E-state index contributed by atoms with van der Waals surface area (Å²) in [5, 5.41) is 23.8. The lowest BCUT2D eigenvalue weighted by Gasteiger charge is -2.21. The van der Waals surface area contributed by atoms with Crippen molar-refractivity contribution in [2.75, 3.05) is 12.3 Å². The van der Waals surface area contributed by atoms with E-state index in [2.05, 4.69) is 5.32 Å². The fraction of sp³-hybridized carbons (Fsp3) is 0.267. The van der Waals surface area contributed by atoms with Crippen molar-refractivity contribution in [1.82, 2.24) is 5.32 Å². The molecule has 0 radical (unpaired) electrons. The van der Waals surface area contributed by atoms with Crippen LogP contribution in [0.4, 0.5) is 11.4 Å². The summed E-state index contributed by atoms with van der Waals surface area (Å²) in [6.45, 7) is 2.97. The van der Waals surface area contributed by atoms with Gasteiger partial charge in [-0.3, -0.25) is 14.9 Å². The summed E-state index contributed by atoms with van der Waals surface area (Å²) in [7, 11) is 0. The average molecular weight is 319 g/mol. The van der Waals surface area contributed by atoms with Crippen LogP contribution in [0.25, 0.3) is 0 Å². The number of nitro benzene ring substituents is 1. The number of amides is 1. The predicted octanol–water partition coefficient (Wildman–Crippen LogP) is 1.72. The Bertz CT molecular complexity index is 738. The van der Waals surface area contributed by atoms with E-state index < -0.39 is 16.4 Å². The number of nitrogen functional groups attached to an aromatic ring is 1. The van der Waals surface area contributed by atoms with Crippen molar-refractivity contribution in [2.45, 2.75) is 19.4 Å².